The molecule has 0 bridgehead atoms. The predicted octanol–water partition coefficient (Wildman–Crippen LogP) is 2.76. The fourth-order valence-corrected chi connectivity index (χ4v) is 3.82. The first kappa shape index (κ1) is 20.7. The number of primary amides is 1. The quantitative estimate of drug-likeness (QED) is 0.663. The summed E-state index contributed by atoms with van der Waals surface area (Å²) in [7, 11) is 0. The molecule has 8 heteroatoms. The van der Waals surface area contributed by atoms with Crippen LogP contribution in [0.3, 0.4) is 0 Å². The van der Waals surface area contributed by atoms with Crippen LogP contribution >= 0.6 is 0 Å². The van der Waals surface area contributed by atoms with E-state index >= 15 is 0 Å². The molecular formula is C23H25N3O5. The van der Waals surface area contributed by atoms with Crippen LogP contribution in [-0.4, -0.2) is 43.9 Å². The van der Waals surface area contributed by atoms with Crippen molar-refractivity contribution in [3.63, 3.8) is 0 Å². The van der Waals surface area contributed by atoms with Gasteiger partial charge in [0.15, 0.2) is 17.3 Å². The van der Waals surface area contributed by atoms with Crippen LogP contribution < -0.4 is 25.4 Å². The second kappa shape index (κ2) is 9.07. The number of amides is 2. The van der Waals surface area contributed by atoms with E-state index in [-0.39, 0.29) is 24.5 Å². The number of benzene rings is 2. The third-order valence-electron chi connectivity index (χ3n) is 5.45. The van der Waals surface area contributed by atoms with Crippen molar-refractivity contribution in [2.75, 3.05) is 36.5 Å². The molecule has 0 aliphatic carbocycles. The number of ketones is 1. The lowest BCUT2D eigenvalue weighted by atomic mass is 10.1. The molecule has 4 rings (SSSR count). The number of carbonyl (C=O) groups excluding carboxylic acids is 3. The second-order valence-electron chi connectivity index (χ2n) is 7.62. The fourth-order valence-electron chi connectivity index (χ4n) is 3.82. The number of Topliss-reactive ketones (excluding diaryl/α,β-unsaturated/α-hetero) is 1. The Labute approximate surface area is 180 Å². The molecule has 0 saturated carbocycles. The highest BCUT2D eigenvalue weighted by atomic mass is 16.6. The summed E-state index contributed by atoms with van der Waals surface area (Å²) in [5.74, 6) is 0.146. The number of ether oxygens (including phenoxy) is 2. The number of hydrogen-bond acceptors (Lipinski definition) is 6. The van der Waals surface area contributed by atoms with E-state index in [9.17, 15) is 14.4 Å². The molecule has 1 fully saturated rings. The molecule has 0 unspecified atom stereocenters. The molecule has 1 saturated heterocycles. The minimum absolute atomic E-state index is 0.0213. The van der Waals surface area contributed by atoms with E-state index in [1.54, 1.807) is 36.4 Å². The Hall–Kier alpha value is -3.55. The van der Waals surface area contributed by atoms with Crippen molar-refractivity contribution in [3.05, 3.63) is 47.5 Å². The summed E-state index contributed by atoms with van der Waals surface area (Å²) < 4.78 is 11.0. The highest BCUT2D eigenvalue weighted by molar-refractivity contribution is 6.02. The van der Waals surface area contributed by atoms with Crippen molar-refractivity contribution in [3.8, 4) is 11.5 Å². The number of nitrogens with one attached hydrogen (secondary N) is 1. The van der Waals surface area contributed by atoms with E-state index in [2.05, 4.69) is 10.2 Å². The van der Waals surface area contributed by atoms with Crippen LogP contribution in [0.1, 0.15) is 46.4 Å². The Morgan fingerprint density at radius 1 is 0.903 bits per heavy atom. The zero-order valence-corrected chi connectivity index (χ0v) is 17.2. The lowest BCUT2D eigenvalue weighted by Crippen LogP contribution is -2.22. The molecule has 0 aromatic heterocycles. The second-order valence-corrected chi connectivity index (χ2v) is 7.62. The molecule has 162 valence electrons. The number of carbonyl (C=O) groups is 3. The Kier molecular flexibility index (Phi) is 6.06. The average Bonchev–Trinajstić information content (AvgIpc) is 3.31. The van der Waals surface area contributed by atoms with Crippen LogP contribution in [0.25, 0.3) is 0 Å². The van der Waals surface area contributed by atoms with Crippen molar-refractivity contribution in [2.24, 2.45) is 5.73 Å². The summed E-state index contributed by atoms with van der Waals surface area (Å²) in [6.45, 7) is 2.70. The minimum Gasteiger partial charge on any atom is -0.486 e. The third kappa shape index (κ3) is 4.79. The lowest BCUT2D eigenvalue weighted by molar-refractivity contribution is -0.116. The van der Waals surface area contributed by atoms with Gasteiger partial charge in [0.1, 0.15) is 13.2 Å². The van der Waals surface area contributed by atoms with Crippen LogP contribution in [0, 0.1) is 0 Å². The molecule has 0 atom stereocenters. The Morgan fingerprint density at radius 3 is 2.35 bits per heavy atom. The maximum atomic E-state index is 12.6. The van der Waals surface area contributed by atoms with Crippen molar-refractivity contribution in [1.82, 2.24) is 0 Å². The number of anilines is 2. The number of fused-ring (bicyclic) bond motifs is 1. The first-order valence-electron chi connectivity index (χ1n) is 10.4. The summed E-state index contributed by atoms with van der Waals surface area (Å²) in [4.78, 5) is 38.9. The summed E-state index contributed by atoms with van der Waals surface area (Å²) in [6, 6.07) is 10.1. The molecule has 2 aromatic rings. The van der Waals surface area contributed by atoms with Crippen molar-refractivity contribution < 1.29 is 23.9 Å². The van der Waals surface area contributed by atoms with Crippen molar-refractivity contribution >= 4 is 29.0 Å². The zero-order valence-electron chi connectivity index (χ0n) is 17.2. The van der Waals surface area contributed by atoms with E-state index in [1.165, 1.54) is 0 Å². The maximum absolute atomic E-state index is 12.6. The lowest BCUT2D eigenvalue weighted by Gasteiger charge is -2.22. The van der Waals surface area contributed by atoms with Crippen LogP contribution in [0.15, 0.2) is 36.4 Å². The monoisotopic (exact) mass is 423 g/mol. The first-order chi connectivity index (χ1) is 15.0. The van der Waals surface area contributed by atoms with Crippen LogP contribution in [0.5, 0.6) is 11.5 Å². The van der Waals surface area contributed by atoms with Crippen LogP contribution in [0.2, 0.25) is 0 Å². The number of rotatable bonds is 7. The van der Waals surface area contributed by atoms with Gasteiger partial charge in [0.05, 0.1) is 11.4 Å². The fraction of sp³-hybridized carbons (Fsp3) is 0.348. The van der Waals surface area contributed by atoms with Crippen molar-refractivity contribution in [1.29, 1.82) is 0 Å². The number of hydrogen-bond donors (Lipinski definition) is 2. The highest BCUT2D eigenvalue weighted by Gasteiger charge is 2.20. The topological polar surface area (TPSA) is 111 Å². The van der Waals surface area contributed by atoms with E-state index < -0.39 is 5.91 Å². The molecule has 31 heavy (non-hydrogen) atoms. The summed E-state index contributed by atoms with van der Waals surface area (Å²) >= 11 is 0. The van der Waals surface area contributed by atoms with Gasteiger partial charge in [-0.3, -0.25) is 14.4 Å². The predicted molar refractivity (Wildman–Crippen MR) is 116 cm³/mol. The molecule has 0 spiro atoms. The summed E-state index contributed by atoms with van der Waals surface area (Å²) in [5.41, 5.74) is 7.59. The number of nitrogens with zero attached hydrogens (tertiary/aromatic N) is 1. The molecule has 2 amide bonds. The van der Waals surface area contributed by atoms with Gasteiger partial charge in [-0.15, -0.1) is 0 Å². The van der Waals surface area contributed by atoms with Gasteiger partial charge < -0.3 is 25.4 Å². The van der Waals surface area contributed by atoms with Crippen LogP contribution in [0.4, 0.5) is 11.4 Å². The van der Waals surface area contributed by atoms with Gasteiger partial charge in [-0.2, -0.15) is 0 Å². The van der Waals surface area contributed by atoms with Gasteiger partial charge in [0.2, 0.25) is 11.8 Å². The van der Waals surface area contributed by atoms with E-state index in [1.807, 2.05) is 0 Å². The molecule has 2 aromatic carbocycles. The van der Waals surface area contributed by atoms with E-state index in [4.69, 9.17) is 15.2 Å². The Balaban J connectivity index is 1.42. The normalized spacial score (nSPS) is 14.9. The molecule has 3 N–H and O–H groups in total. The molecule has 2 aliphatic rings. The van der Waals surface area contributed by atoms with Gasteiger partial charge in [0, 0.05) is 37.1 Å². The van der Waals surface area contributed by atoms with E-state index in [0.717, 1.165) is 31.6 Å². The van der Waals surface area contributed by atoms with Gasteiger partial charge in [-0.05, 0) is 49.2 Å². The Morgan fingerprint density at radius 2 is 1.61 bits per heavy atom. The molecule has 8 nitrogen and oxygen atoms in total. The van der Waals surface area contributed by atoms with Gasteiger partial charge in [-0.1, -0.05) is 0 Å². The average molecular weight is 423 g/mol. The standard InChI is InChI=1S/C23H25N3O5/c24-23(29)16-3-5-18(26-9-1-2-10-26)17(13-16)25-22(28)8-6-19(27)15-4-7-20-21(14-15)31-12-11-30-20/h3-5,7,13-14H,1-2,6,8-12H2,(H2,24,29)(H,25,28). The van der Waals surface area contributed by atoms with Crippen LogP contribution in [-0.2, 0) is 4.79 Å². The molecule has 0 radical (unpaired) electrons. The third-order valence-corrected chi connectivity index (χ3v) is 5.45. The van der Waals surface area contributed by atoms with Gasteiger partial charge in [0.25, 0.3) is 0 Å². The highest BCUT2D eigenvalue weighted by Crippen LogP contribution is 2.32. The summed E-state index contributed by atoms with van der Waals surface area (Å²) in [5, 5.41) is 2.85. The number of nitrogens with two attached hydrogens (primary N) is 1. The molecule has 2 aliphatic heterocycles. The first-order valence-corrected chi connectivity index (χ1v) is 10.4. The van der Waals surface area contributed by atoms with E-state index in [0.29, 0.717) is 41.5 Å². The molecule has 2 heterocycles. The largest absolute Gasteiger partial charge is 0.486 e. The van der Waals surface area contributed by atoms with Crippen molar-refractivity contribution in [2.45, 2.75) is 25.7 Å². The smallest absolute Gasteiger partial charge is 0.248 e. The van der Waals surface area contributed by atoms with Gasteiger partial charge >= 0.3 is 0 Å². The maximum Gasteiger partial charge on any atom is 0.248 e. The Bertz CT molecular complexity index is 1010. The summed E-state index contributed by atoms with van der Waals surface area (Å²) in [6.07, 6.45) is 2.23. The SMILES string of the molecule is NC(=O)c1ccc(N2CCCC2)c(NC(=O)CCC(=O)c2ccc3c(c2)OCCO3)c1. The van der Waals surface area contributed by atoms with Gasteiger partial charge in [-0.25, -0.2) is 0 Å². The molecular weight excluding hydrogens is 398 g/mol. The minimum atomic E-state index is -0.558. The zero-order chi connectivity index (χ0) is 21.8.